The van der Waals surface area contributed by atoms with Crippen molar-refractivity contribution in [3.8, 4) is 11.5 Å². The number of ether oxygens (including phenoxy) is 3. The molecular weight excluding hydrogens is 344 g/mol. The number of rotatable bonds is 3. The van der Waals surface area contributed by atoms with Gasteiger partial charge in [-0.05, 0) is 19.1 Å². The van der Waals surface area contributed by atoms with Crippen LogP contribution in [0.1, 0.15) is 12.6 Å². The van der Waals surface area contributed by atoms with Gasteiger partial charge in [0.25, 0.3) is 5.56 Å². The van der Waals surface area contributed by atoms with Gasteiger partial charge < -0.3 is 14.2 Å². The van der Waals surface area contributed by atoms with Crippen molar-refractivity contribution in [2.45, 2.75) is 25.7 Å². The Morgan fingerprint density at radius 2 is 2.08 bits per heavy atom. The Morgan fingerprint density at radius 3 is 2.88 bits per heavy atom. The molecule has 1 aromatic carbocycles. The highest BCUT2D eigenvalue weighted by Crippen LogP contribution is 2.33. The SMILES string of the molecule is CC1Oc2ccccc2OC1C(=O)OCc1cc(=O)n2ccsc2n1. The molecule has 2 atom stereocenters. The highest BCUT2D eigenvalue weighted by atomic mass is 32.1. The standard InChI is InChI=1S/C17H14N2O5S/c1-10-15(24-13-5-3-2-4-12(13)23-10)16(21)22-9-11-8-14(20)19-6-7-25-17(19)18-11/h2-8,10,15H,9H2,1H3. The zero-order chi connectivity index (χ0) is 17.4. The van der Waals surface area contributed by atoms with Crippen LogP contribution in [0.15, 0.2) is 46.7 Å². The fraction of sp³-hybridized carbons (Fsp3) is 0.235. The van der Waals surface area contributed by atoms with E-state index in [9.17, 15) is 9.59 Å². The van der Waals surface area contributed by atoms with Crippen LogP contribution in [0.25, 0.3) is 4.96 Å². The molecule has 0 amide bonds. The van der Waals surface area contributed by atoms with E-state index in [4.69, 9.17) is 14.2 Å². The number of nitrogens with zero attached hydrogens (tertiary/aromatic N) is 2. The summed E-state index contributed by atoms with van der Waals surface area (Å²) in [6.07, 6.45) is 0.291. The molecule has 0 saturated carbocycles. The lowest BCUT2D eigenvalue weighted by Gasteiger charge is -2.30. The van der Waals surface area contributed by atoms with Crippen LogP contribution in [0.4, 0.5) is 0 Å². The predicted octanol–water partition coefficient (Wildman–Crippen LogP) is 2.03. The predicted molar refractivity (Wildman–Crippen MR) is 90.1 cm³/mol. The van der Waals surface area contributed by atoms with Crippen molar-refractivity contribution < 1.29 is 19.0 Å². The summed E-state index contributed by atoms with van der Waals surface area (Å²) < 4.78 is 18.1. The largest absolute Gasteiger partial charge is 0.482 e. The van der Waals surface area contributed by atoms with Gasteiger partial charge in [-0.2, -0.15) is 0 Å². The first-order valence-corrected chi connectivity index (χ1v) is 8.54. The van der Waals surface area contributed by atoms with E-state index in [1.807, 2.05) is 6.07 Å². The quantitative estimate of drug-likeness (QED) is 0.667. The maximum Gasteiger partial charge on any atom is 0.351 e. The van der Waals surface area contributed by atoms with Crippen LogP contribution in [0, 0.1) is 0 Å². The molecule has 128 valence electrons. The number of thiazole rings is 1. The molecule has 0 radical (unpaired) electrons. The maximum atomic E-state index is 12.4. The van der Waals surface area contributed by atoms with Crippen LogP contribution in [0.2, 0.25) is 0 Å². The molecule has 0 bridgehead atoms. The molecule has 3 aromatic rings. The lowest BCUT2D eigenvalue weighted by molar-refractivity contribution is -0.159. The molecular formula is C17H14N2O5S. The van der Waals surface area contributed by atoms with Gasteiger partial charge in [0.2, 0.25) is 6.10 Å². The number of esters is 1. The fourth-order valence-corrected chi connectivity index (χ4v) is 3.31. The highest BCUT2D eigenvalue weighted by Gasteiger charge is 2.35. The van der Waals surface area contributed by atoms with E-state index in [0.717, 1.165) is 0 Å². The van der Waals surface area contributed by atoms with Gasteiger partial charge in [0.15, 0.2) is 16.5 Å². The number of aromatic nitrogens is 2. The van der Waals surface area contributed by atoms with Crippen LogP contribution in [0.5, 0.6) is 11.5 Å². The van der Waals surface area contributed by atoms with Crippen molar-refractivity contribution in [1.82, 2.24) is 9.38 Å². The second kappa shape index (κ2) is 6.21. The van der Waals surface area contributed by atoms with Gasteiger partial charge in [-0.25, -0.2) is 9.78 Å². The smallest absolute Gasteiger partial charge is 0.351 e. The van der Waals surface area contributed by atoms with Crippen molar-refractivity contribution in [3.05, 3.63) is 58.0 Å². The van der Waals surface area contributed by atoms with Crippen LogP contribution < -0.4 is 15.0 Å². The minimum atomic E-state index is -0.874. The van der Waals surface area contributed by atoms with Gasteiger partial charge in [-0.3, -0.25) is 9.20 Å². The van der Waals surface area contributed by atoms with Crippen LogP contribution in [0.3, 0.4) is 0 Å². The Bertz CT molecular complexity index is 996. The lowest BCUT2D eigenvalue weighted by atomic mass is 10.2. The average Bonchev–Trinajstić information content (AvgIpc) is 3.08. The fourth-order valence-electron chi connectivity index (χ4n) is 2.57. The summed E-state index contributed by atoms with van der Waals surface area (Å²) in [5.41, 5.74) is 0.183. The first-order chi connectivity index (χ1) is 12.1. The van der Waals surface area contributed by atoms with Gasteiger partial charge in [0, 0.05) is 17.6 Å². The second-order valence-corrected chi connectivity index (χ2v) is 6.43. The van der Waals surface area contributed by atoms with E-state index in [1.54, 1.807) is 36.7 Å². The first kappa shape index (κ1) is 15.6. The Balaban J connectivity index is 1.47. The van der Waals surface area contributed by atoms with E-state index in [-0.39, 0.29) is 12.2 Å². The third-order valence-corrected chi connectivity index (χ3v) is 4.55. The Hall–Kier alpha value is -2.87. The number of hydrogen-bond acceptors (Lipinski definition) is 7. The molecule has 1 aliphatic heterocycles. The molecule has 1 aliphatic rings. The monoisotopic (exact) mass is 358 g/mol. The number of benzene rings is 1. The van der Waals surface area contributed by atoms with E-state index >= 15 is 0 Å². The van der Waals surface area contributed by atoms with Gasteiger partial charge in [0.1, 0.15) is 12.7 Å². The summed E-state index contributed by atoms with van der Waals surface area (Å²) in [4.78, 5) is 29.1. The average molecular weight is 358 g/mol. The van der Waals surface area contributed by atoms with Crippen molar-refractivity contribution >= 4 is 22.3 Å². The van der Waals surface area contributed by atoms with E-state index in [2.05, 4.69) is 4.98 Å². The van der Waals surface area contributed by atoms with E-state index in [0.29, 0.717) is 22.2 Å². The molecule has 0 spiro atoms. The molecule has 25 heavy (non-hydrogen) atoms. The van der Waals surface area contributed by atoms with Crippen molar-refractivity contribution in [2.75, 3.05) is 0 Å². The van der Waals surface area contributed by atoms with Gasteiger partial charge in [0.05, 0.1) is 5.69 Å². The summed E-state index contributed by atoms with van der Waals surface area (Å²) in [6, 6.07) is 8.49. The normalized spacial score (nSPS) is 18.9. The second-order valence-electron chi connectivity index (χ2n) is 5.56. The molecule has 7 nitrogen and oxygen atoms in total. The molecule has 8 heteroatoms. The molecule has 0 aliphatic carbocycles. The van der Waals surface area contributed by atoms with Crippen LogP contribution in [-0.4, -0.2) is 27.6 Å². The summed E-state index contributed by atoms with van der Waals surface area (Å²) in [5.74, 6) is 0.533. The number of hydrogen-bond donors (Lipinski definition) is 0. The minimum absolute atomic E-state index is 0.100. The van der Waals surface area contributed by atoms with Gasteiger partial charge in [-0.1, -0.05) is 12.1 Å². The Morgan fingerprint density at radius 1 is 1.32 bits per heavy atom. The molecule has 0 fully saturated rings. The summed E-state index contributed by atoms with van der Waals surface area (Å²) in [6.45, 7) is 1.64. The molecule has 4 rings (SSSR count). The third-order valence-electron chi connectivity index (χ3n) is 3.79. The summed E-state index contributed by atoms with van der Waals surface area (Å²) in [5, 5.41) is 1.77. The Kier molecular flexibility index (Phi) is 3.89. The number of fused-ring (bicyclic) bond motifs is 2. The number of carbonyl (C=O) groups is 1. The number of para-hydroxylation sites is 2. The maximum absolute atomic E-state index is 12.4. The molecule has 0 N–H and O–H groups in total. The third kappa shape index (κ3) is 2.96. The zero-order valence-corrected chi connectivity index (χ0v) is 14.1. The Labute approximate surface area is 146 Å². The molecule has 0 saturated heterocycles. The highest BCUT2D eigenvalue weighted by molar-refractivity contribution is 7.15. The lowest BCUT2D eigenvalue weighted by Crippen LogP contribution is -2.44. The van der Waals surface area contributed by atoms with Crippen molar-refractivity contribution in [2.24, 2.45) is 0 Å². The van der Waals surface area contributed by atoms with Gasteiger partial charge >= 0.3 is 5.97 Å². The first-order valence-electron chi connectivity index (χ1n) is 7.66. The van der Waals surface area contributed by atoms with E-state index in [1.165, 1.54) is 21.8 Å². The van der Waals surface area contributed by atoms with Crippen molar-refractivity contribution in [1.29, 1.82) is 0 Å². The minimum Gasteiger partial charge on any atom is -0.482 e. The molecule has 2 aromatic heterocycles. The summed E-state index contributed by atoms with van der Waals surface area (Å²) in [7, 11) is 0. The van der Waals surface area contributed by atoms with Crippen LogP contribution in [-0.2, 0) is 16.1 Å². The number of carbonyl (C=O) groups excluding carboxylic acids is 1. The van der Waals surface area contributed by atoms with Gasteiger partial charge in [-0.15, -0.1) is 11.3 Å². The molecule has 2 unspecified atom stereocenters. The molecule has 3 heterocycles. The topological polar surface area (TPSA) is 79.1 Å². The van der Waals surface area contributed by atoms with Crippen molar-refractivity contribution in [3.63, 3.8) is 0 Å². The summed E-state index contributed by atoms with van der Waals surface area (Å²) >= 11 is 1.34. The van der Waals surface area contributed by atoms with Crippen LogP contribution >= 0.6 is 11.3 Å². The zero-order valence-electron chi connectivity index (χ0n) is 13.2. The van der Waals surface area contributed by atoms with E-state index < -0.39 is 18.2 Å².